The number of piperidine rings is 1. The van der Waals surface area contributed by atoms with Gasteiger partial charge in [-0.05, 0) is 45.3 Å². The van der Waals surface area contributed by atoms with Crippen molar-refractivity contribution < 1.29 is 0 Å². The molecule has 0 amide bonds. The molecule has 1 aromatic heterocycles. The van der Waals surface area contributed by atoms with Gasteiger partial charge in [0.2, 0.25) is 0 Å². The lowest BCUT2D eigenvalue weighted by molar-refractivity contribution is 0.338. The second kappa shape index (κ2) is 5.17. The zero-order chi connectivity index (χ0) is 13.2. The van der Waals surface area contributed by atoms with Crippen molar-refractivity contribution in [2.75, 3.05) is 13.1 Å². The molecule has 100 valence electrons. The van der Waals surface area contributed by atoms with Crippen LogP contribution < -0.4 is 5.32 Å². The second-order valence-corrected chi connectivity index (χ2v) is 5.44. The van der Waals surface area contributed by atoms with E-state index in [-0.39, 0.29) is 0 Å². The fourth-order valence-corrected chi connectivity index (χ4v) is 2.94. The maximum absolute atomic E-state index is 4.63. The first-order valence-corrected chi connectivity index (χ1v) is 7.07. The monoisotopic (exact) mass is 255 g/mol. The van der Waals surface area contributed by atoms with Crippen LogP contribution in [-0.2, 0) is 0 Å². The first-order valence-electron chi connectivity index (χ1n) is 7.07. The van der Waals surface area contributed by atoms with Gasteiger partial charge in [-0.15, -0.1) is 0 Å². The van der Waals surface area contributed by atoms with Crippen LogP contribution >= 0.6 is 0 Å². The van der Waals surface area contributed by atoms with Crippen LogP contribution in [0.2, 0.25) is 0 Å². The van der Waals surface area contributed by atoms with Crippen LogP contribution in [0.15, 0.2) is 30.5 Å². The molecule has 0 bridgehead atoms. The van der Waals surface area contributed by atoms with Gasteiger partial charge in [0.05, 0.1) is 12.2 Å². The summed E-state index contributed by atoms with van der Waals surface area (Å²) in [5.41, 5.74) is 5.13. The van der Waals surface area contributed by atoms with Gasteiger partial charge in [-0.1, -0.05) is 29.8 Å². The van der Waals surface area contributed by atoms with Crippen LogP contribution in [0.4, 0.5) is 0 Å². The van der Waals surface area contributed by atoms with Crippen molar-refractivity contribution in [2.24, 2.45) is 0 Å². The van der Waals surface area contributed by atoms with E-state index in [9.17, 15) is 0 Å². The number of aromatic nitrogens is 2. The number of nitrogens with one attached hydrogen (secondary N) is 1. The molecule has 2 aromatic rings. The molecule has 1 aliphatic heterocycles. The van der Waals surface area contributed by atoms with Gasteiger partial charge in [0.1, 0.15) is 0 Å². The Morgan fingerprint density at radius 2 is 2.00 bits per heavy atom. The maximum atomic E-state index is 4.63. The van der Waals surface area contributed by atoms with Gasteiger partial charge in [-0.3, -0.25) is 4.68 Å². The Labute approximate surface area is 114 Å². The van der Waals surface area contributed by atoms with Crippen molar-refractivity contribution in [1.82, 2.24) is 15.1 Å². The summed E-state index contributed by atoms with van der Waals surface area (Å²) in [6, 6.07) is 9.21. The zero-order valence-corrected chi connectivity index (χ0v) is 11.7. The van der Waals surface area contributed by atoms with E-state index < -0.39 is 0 Å². The maximum Gasteiger partial charge on any atom is 0.0571 e. The average molecular weight is 255 g/mol. The van der Waals surface area contributed by atoms with Crippen LogP contribution in [0.3, 0.4) is 0 Å². The molecule has 3 rings (SSSR count). The molecule has 0 aliphatic carbocycles. The summed E-state index contributed by atoms with van der Waals surface area (Å²) in [5.74, 6) is 0. The Hall–Kier alpha value is -1.61. The van der Waals surface area contributed by atoms with Crippen LogP contribution in [-0.4, -0.2) is 22.9 Å². The van der Waals surface area contributed by atoms with Crippen LogP contribution in [0, 0.1) is 13.8 Å². The number of aryl methyl sites for hydroxylation is 1. The van der Waals surface area contributed by atoms with E-state index in [0.717, 1.165) is 13.1 Å². The third-order valence-electron chi connectivity index (χ3n) is 4.03. The molecule has 1 fully saturated rings. The van der Waals surface area contributed by atoms with Crippen LogP contribution in [0.1, 0.15) is 30.1 Å². The average Bonchev–Trinajstić information content (AvgIpc) is 2.81. The molecule has 0 radical (unpaired) electrons. The lowest BCUT2D eigenvalue weighted by Gasteiger charge is -2.24. The minimum atomic E-state index is 0.555. The van der Waals surface area contributed by atoms with Gasteiger partial charge in [-0.25, -0.2) is 0 Å². The van der Waals surface area contributed by atoms with E-state index in [1.54, 1.807) is 0 Å². The van der Waals surface area contributed by atoms with E-state index in [1.165, 1.54) is 35.2 Å². The van der Waals surface area contributed by atoms with Crippen LogP contribution in [0.5, 0.6) is 0 Å². The summed E-state index contributed by atoms with van der Waals surface area (Å²) < 4.78 is 2.22. The Kier molecular flexibility index (Phi) is 3.38. The molecule has 2 heterocycles. The van der Waals surface area contributed by atoms with Gasteiger partial charge in [0, 0.05) is 11.3 Å². The molecule has 0 saturated carbocycles. The third kappa shape index (κ3) is 2.43. The summed E-state index contributed by atoms with van der Waals surface area (Å²) in [5, 5.41) is 8.04. The lowest BCUT2D eigenvalue weighted by Crippen LogP contribution is -2.30. The van der Waals surface area contributed by atoms with Crippen molar-refractivity contribution in [3.8, 4) is 11.1 Å². The molecule has 1 aromatic carbocycles. The minimum Gasteiger partial charge on any atom is -0.317 e. The molecule has 3 nitrogen and oxygen atoms in total. The molecule has 0 atom stereocenters. The minimum absolute atomic E-state index is 0.555. The van der Waals surface area contributed by atoms with Gasteiger partial charge in [0.25, 0.3) is 0 Å². The Morgan fingerprint density at radius 1 is 1.21 bits per heavy atom. The molecule has 3 heteroatoms. The van der Waals surface area contributed by atoms with E-state index in [2.05, 4.69) is 53.2 Å². The zero-order valence-electron chi connectivity index (χ0n) is 11.7. The smallest absolute Gasteiger partial charge is 0.0571 e. The summed E-state index contributed by atoms with van der Waals surface area (Å²) >= 11 is 0. The summed E-state index contributed by atoms with van der Waals surface area (Å²) in [6.07, 6.45) is 4.37. The standard InChI is InChI=1S/C16H21N3/c1-12-4-3-5-14(10-12)16-11-18-19(13(16)2)15-6-8-17-9-7-15/h3-5,10-11,15,17H,6-9H2,1-2H3. The van der Waals surface area contributed by atoms with Gasteiger partial charge < -0.3 is 5.32 Å². The molecule has 19 heavy (non-hydrogen) atoms. The highest BCUT2D eigenvalue weighted by molar-refractivity contribution is 5.65. The highest BCUT2D eigenvalue weighted by Gasteiger charge is 2.19. The molecule has 0 spiro atoms. The fraction of sp³-hybridized carbons (Fsp3) is 0.438. The number of rotatable bonds is 2. The normalized spacial score (nSPS) is 16.7. The highest BCUT2D eigenvalue weighted by Crippen LogP contribution is 2.28. The first kappa shape index (κ1) is 12.4. The van der Waals surface area contributed by atoms with E-state index >= 15 is 0 Å². The van der Waals surface area contributed by atoms with Crippen molar-refractivity contribution in [1.29, 1.82) is 0 Å². The molecule has 1 N–H and O–H groups in total. The predicted molar refractivity (Wildman–Crippen MR) is 78.3 cm³/mol. The largest absolute Gasteiger partial charge is 0.317 e. The highest BCUT2D eigenvalue weighted by atomic mass is 15.3. The molecule has 1 saturated heterocycles. The Morgan fingerprint density at radius 3 is 2.74 bits per heavy atom. The third-order valence-corrected chi connectivity index (χ3v) is 4.03. The number of benzene rings is 1. The second-order valence-electron chi connectivity index (χ2n) is 5.44. The SMILES string of the molecule is Cc1cccc(-c2cnn(C3CCNCC3)c2C)c1. The Balaban J connectivity index is 1.94. The van der Waals surface area contributed by atoms with Gasteiger partial charge in [-0.2, -0.15) is 5.10 Å². The van der Waals surface area contributed by atoms with Crippen LogP contribution in [0.25, 0.3) is 11.1 Å². The molecule has 0 unspecified atom stereocenters. The topological polar surface area (TPSA) is 29.9 Å². The fourth-order valence-electron chi connectivity index (χ4n) is 2.94. The molecular weight excluding hydrogens is 234 g/mol. The van der Waals surface area contributed by atoms with E-state index in [4.69, 9.17) is 0 Å². The first-order chi connectivity index (χ1) is 9.25. The molecular formula is C16H21N3. The summed E-state index contributed by atoms with van der Waals surface area (Å²) in [6.45, 7) is 6.52. The predicted octanol–water partition coefficient (Wildman–Crippen LogP) is 3.09. The summed E-state index contributed by atoms with van der Waals surface area (Å²) in [7, 11) is 0. The van der Waals surface area contributed by atoms with Crippen molar-refractivity contribution in [3.05, 3.63) is 41.7 Å². The van der Waals surface area contributed by atoms with E-state index in [0.29, 0.717) is 6.04 Å². The molecule has 1 aliphatic rings. The summed E-state index contributed by atoms with van der Waals surface area (Å²) in [4.78, 5) is 0. The quantitative estimate of drug-likeness (QED) is 0.893. The van der Waals surface area contributed by atoms with Crippen molar-refractivity contribution in [2.45, 2.75) is 32.7 Å². The lowest BCUT2D eigenvalue weighted by atomic mass is 10.0. The Bertz CT molecular complexity index is 565. The van der Waals surface area contributed by atoms with Crippen molar-refractivity contribution >= 4 is 0 Å². The van der Waals surface area contributed by atoms with Crippen molar-refractivity contribution in [3.63, 3.8) is 0 Å². The van der Waals surface area contributed by atoms with Gasteiger partial charge >= 0.3 is 0 Å². The number of nitrogens with zero attached hydrogens (tertiary/aromatic N) is 2. The number of hydrogen-bond donors (Lipinski definition) is 1. The van der Waals surface area contributed by atoms with Gasteiger partial charge in [0.15, 0.2) is 0 Å². The number of hydrogen-bond acceptors (Lipinski definition) is 2. The van der Waals surface area contributed by atoms with E-state index in [1.807, 2.05) is 6.20 Å².